The molecular formula is C14H15ClO3. The molecular weight excluding hydrogens is 252 g/mol. The predicted molar refractivity (Wildman–Crippen MR) is 69.3 cm³/mol. The fourth-order valence-corrected chi connectivity index (χ4v) is 2.56. The molecule has 3 nitrogen and oxygen atoms in total. The summed E-state index contributed by atoms with van der Waals surface area (Å²) in [5.74, 6) is 0.551. The van der Waals surface area contributed by atoms with Crippen molar-refractivity contribution >= 4 is 23.2 Å². The molecule has 96 valence electrons. The molecule has 2 rings (SSSR count). The number of carbonyl (C=O) groups is 2. The standard InChI is InChI=1S/C14H15ClO3/c1-18-13-6-5-10(8-12(13)15)14(17)9-3-2-4-11(16)7-9/h5-6,8-9H,2-4,7H2,1H3. The van der Waals surface area contributed by atoms with Crippen molar-refractivity contribution < 1.29 is 14.3 Å². The summed E-state index contributed by atoms with van der Waals surface area (Å²) in [6.45, 7) is 0. The molecule has 0 aliphatic heterocycles. The Morgan fingerprint density at radius 3 is 2.83 bits per heavy atom. The second-order valence-electron chi connectivity index (χ2n) is 4.55. The van der Waals surface area contributed by atoms with E-state index < -0.39 is 0 Å². The molecule has 0 spiro atoms. The van der Waals surface area contributed by atoms with Crippen LogP contribution in [0.4, 0.5) is 0 Å². The Morgan fingerprint density at radius 1 is 1.44 bits per heavy atom. The lowest BCUT2D eigenvalue weighted by molar-refractivity contribution is -0.121. The molecule has 0 N–H and O–H groups in total. The molecule has 0 heterocycles. The van der Waals surface area contributed by atoms with Gasteiger partial charge < -0.3 is 4.74 Å². The third-order valence-electron chi connectivity index (χ3n) is 3.29. The molecule has 1 unspecified atom stereocenters. The Hall–Kier alpha value is -1.35. The topological polar surface area (TPSA) is 43.4 Å². The first-order valence-electron chi connectivity index (χ1n) is 6.01. The van der Waals surface area contributed by atoms with Crippen LogP contribution in [0.1, 0.15) is 36.0 Å². The average Bonchev–Trinajstić information content (AvgIpc) is 2.37. The third-order valence-corrected chi connectivity index (χ3v) is 3.58. The molecule has 0 radical (unpaired) electrons. The highest BCUT2D eigenvalue weighted by Gasteiger charge is 2.26. The molecule has 0 saturated heterocycles. The number of halogens is 1. The van der Waals surface area contributed by atoms with Gasteiger partial charge in [-0.2, -0.15) is 0 Å². The summed E-state index contributed by atoms with van der Waals surface area (Å²) in [5, 5.41) is 0.422. The van der Waals surface area contributed by atoms with E-state index in [2.05, 4.69) is 0 Å². The quantitative estimate of drug-likeness (QED) is 0.789. The molecule has 0 amide bonds. The normalized spacial score (nSPS) is 19.7. The molecule has 1 aliphatic carbocycles. The number of Topliss-reactive ketones (excluding diaryl/α,β-unsaturated/α-hetero) is 2. The second-order valence-corrected chi connectivity index (χ2v) is 4.95. The van der Waals surface area contributed by atoms with Crippen molar-refractivity contribution in [3.8, 4) is 5.75 Å². The van der Waals surface area contributed by atoms with Gasteiger partial charge in [0, 0.05) is 24.3 Å². The van der Waals surface area contributed by atoms with Crippen LogP contribution in [0.5, 0.6) is 5.75 Å². The summed E-state index contributed by atoms with van der Waals surface area (Å²) in [4.78, 5) is 23.6. The zero-order valence-electron chi connectivity index (χ0n) is 10.2. The Bertz CT molecular complexity index is 482. The van der Waals surface area contributed by atoms with E-state index in [0.29, 0.717) is 29.2 Å². The highest BCUT2D eigenvalue weighted by atomic mass is 35.5. The van der Waals surface area contributed by atoms with Gasteiger partial charge in [-0.1, -0.05) is 11.6 Å². The lowest BCUT2D eigenvalue weighted by Crippen LogP contribution is -2.22. The fourth-order valence-electron chi connectivity index (χ4n) is 2.30. The second kappa shape index (κ2) is 5.53. The van der Waals surface area contributed by atoms with Gasteiger partial charge in [0.1, 0.15) is 11.5 Å². The number of benzene rings is 1. The molecule has 1 aliphatic rings. The smallest absolute Gasteiger partial charge is 0.166 e. The van der Waals surface area contributed by atoms with Crippen LogP contribution in [0.2, 0.25) is 5.02 Å². The predicted octanol–water partition coefficient (Wildman–Crippen LogP) is 3.29. The maximum absolute atomic E-state index is 12.2. The van der Waals surface area contributed by atoms with Crippen LogP contribution in [0.3, 0.4) is 0 Å². The summed E-state index contributed by atoms with van der Waals surface area (Å²) in [6, 6.07) is 4.99. The van der Waals surface area contributed by atoms with Gasteiger partial charge in [-0.05, 0) is 31.0 Å². The van der Waals surface area contributed by atoms with E-state index in [-0.39, 0.29) is 17.5 Å². The van der Waals surface area contributed by atoms with Crippen molar-refractivity contribution in [2.75, 3.05) is 7.11 Å². The van der Waals surface area contributed by atoms with E-state index in [1.807, 2.05) is 0 Å². The number of ketones is 2. The first kappa shape index (κ1) is 13.1. The highest BCUT2D eigenvalue weighted by Crippen LogP contribution is 2.29. The molecule has 1 aromatic carbocycles. The Kier molecular flexibility index (Phi) is 4.02. The van der Waals surface area contributed by atoms with Crippen molar-refractivity contribution in [2.45, 2.75) is 25.7 Å². The van der Waals surface area contributed by atoms with Gasteiger partial charge in [0.2, 0.25) is 0 Å². The summed E-state index contributed by atoms with van der Waals surface area (Å²) in [7, 11) is 1.53. The lowest BCUT2D eigenvalue weighted by Gasteiger charge is -2.19. The number of carbonyl (C=O) groups excluding carboxylic acids is 2. The van der Waals surface area contributed by atoms with Crippen molar-refractivity contribution in [2.24, 2.45) is 5.92 Å². The van der Waals surface area contributed by atoms with Crippen molar-refractivity contribution in [1.82, 2.24) is 0 Å². The van der Waals surface area contributed by atoms with Gasteiger partial charge in [0.05, 0.1) is 12.1 Å². The van der Waals surface area contributed by atoms with Gasteiger partial charge in [-0.25, -0.2) is 0 Å². The SMILES string of the molecule is COc1ccc(C(=O)C2CCCC(=O)C2)cc1Cl. The van der Waals surface area contributed by atoms with E-state index in [0.717, 1.165) is 12.8 Å². The number of hydrogen-bond acceptors (Lipinski definition) is 3. The van der Waals surface area contributed by atoms with Crippen LogP contribution in [0.15, 0.2) is 18.2 Å². The molecule has 1 fully saturated rings. The molecule has 18 heavy (non-hydrogen) atoms. The van der Waals surface area contributed by atoms with Gasteiger partial charge in [-0.15, -0.1) is 0 Å². The Balaban J connectivity index is 2.18. The fraction of sp³-hybridized carbons (Fsp3) is 0.429. The zero-order valence-corrected chi connectivity index (χ0v) is 11.0. The molecule has 1 atom stereocenters. The molecule has 0 aromatic heterocycles. The minimum Gasteiger partial charge on any atom is -0.495 e. The summed E-state index contributed by atoms with van der Waals surface area (Å²) in [6.07, 6.45) is 2.56. The van der Waals surface area contributed by atoms with Crippen LogP contribution in [0, 0.1) is 5.92 Å². The monoisotopic (exact) mass is 266 g/mol. The van der Waals surface area contributed by atoms with Gasteiger partial charge in [0.15, 0.2) is 5.78 Å². The number of rotatable bonds is 3. The maximum Gasteiger partial charge on any atom is 0.166 e. The summed E-state index contributed by atoms with van der Waals surface area (Å²) < 4.78 is 5.04. The van der Waals surface area contributed by atoms with Crippen LogP contribution >= 0.6 is 11.6 Å². The van der Waals surface area contributed by atoms with E-state index in [4.69, 9.17) is 16.3 Å². The molecule has 1 saturated carbocycles. The number of hydrogen-bond donors (Lipinski definition) is 0. The van der Waals surface area contributed by atoms with E-state index >= 15 is 0 Å². The van der Waals surface area contributed by atoms with Gasteiger partial charge in [0.25, 0.3) is 0 Å². The maximum atomic E-state index is 12.2. The van der Waals surface area contributed by atoms with Crippen LogP contribution in [-0.4, -0.2) is 18.7 Å². The Morgan fingerprint density at radius 2 is 2.22 bits per heavy atom. The lowest BCUT2D eigenvalue weighted by atomic mass is 9.83. The first-order chi connectivity index (χ1) is 8.61. The Labute approximate surface area is 111 Å². The number of ether oxygens (including phenoxy) is 1. The van der Waals surface area contributed by atoms with Gasteiger partial charge in [-0.3, -0.25) is 9.59 Å². The van der Waals surface area contributed by atoms with Gasteiger partial charge >= 0.3 is 0 Å². The molecule has 1 aromatic rings. The zero-order chi connectivity index (χ0) is 13.1. The van der Waals surface area contributed by atoms with E-state index in [1.54, 1.807) is 18.2 Å². The van der Waals surface area contributed by atoms with Crippen molar-refractivity contribution in [1.29, 1.82) is 0 Å². The summed E-state index contributed by atoms with van der Waals surface area (Å²) in [5.41, 5.74) is 0.556. The van der Waals surface area contributed by atoms with Crippen molar-refractivity contribution in [3.05, 3.63) is 28.8 Å². The van der Waals surface area contributed by atoms with Crippen molar-refractivity contribution in [3.63, 3.8) is 0 Å². The summed E-state index contributed by atoms with van der Waals surface area (Å²) >= 11 is 6.00. The van der Waals surface area contributed by atoms with Crippen LogP contribution in [-0.2, 0) is 4.79 Å². The molecule has 0 bridgehead atoms. The minimum atomic E-state index is -0.185. The van der Waals surface area contributed by atoms with Crippen LogP contribution in [0.25, 0.3) is 0 Å². The van der Waals surface area contributed by atoms with E-state index in [9.17, 15) is 9.59 Å². The largest absolute Gasteiger partial charge is 0.495 e. The highest BCUT2D eigenvalue weighted by molar-refractivity contribution is 6.32. The van der Waals surface area contributed by atoms with E-state index in [1.165, 1.54) is 7.11 Å². The third kappa shape index (κ3) is 2.72. The minimum absolute atomic E-state index is 0.00704. The number of methoxy groups -OCH3 is 1. The first-order valence-corrected chi connectivity index (χ1v) is 6.39. The average molecular weight is 267 g/mol. The van der Waals surface area contributed by atoms with Crippen LogP contribution < -0.4 is 4.74 Å². The molecule has 4 heteroatoms.